The third-order valence-electron chi connectivity index (χ3n) is 4.94. The Labute approximate surface area is 180 Å². The molecule has 0 atom stereocenters. The van der Waals surface area contributed by atoms with Gasteiger partial charge in [-0.25, -0.2) is 9.36 Å². The first kappa shape index (κ1) is 21.3. The van der Waals surface area contributed by atoms with Gasteiger partial charge in [0.25, 0.3) is 0 Å². The van der Waals surface area contributed by atoms with E-state index in [0.29, 0.717) is 0 Å². The highest BCUT2D eigenvalue weighted by atomic mass is 19.4. The number of hydrogen-bond donors (Lipinski definition) is 1. The molecule has 0 bridgehead atoms. The van der Waals surface area contributed by atoms with Crippen molar-refractivity contribution in [2.75, 3.05) is 19.0 Å². The maximum Gasteiger partial charge on any atom is 0.573 e. The molecule has 0 aliphatic carbocycles. The Morgan fingerprint density at radius 1 is 1.09 bits per heavy atom. The number of rotatable bonds is 5. The van der Waals surface area contributed by atoms with Crippen molar-refractivity contribution in [3.05, 3.63) is 77.0 Å². The highest BCUT2D eigenvalue weighted by molar-refractivity contribution is 5.86. The molecule has 1 N–H and O–H groups in total. The molecule has 0 unspecified atom stereocenters. The second-order valence-corrected chi connectivity index (χ2v) is 7.31. The summed E-state index contributed by atoms with van der Waals surface area (Å²) in [5.41, 5.74) is 2.08. The van der Waals surface area contributed by atoms with Crippen LogP contribution in [-0.4, -0.2) is 39.7 Å². The van der Waals surface area contributed by atoms with Gasteiger partial charge in [0.15, 0.2) is 0 Å². The van der Waals surface area contributed by atoms with Crippen LogP contribution in [0.2, 0.25) is 0 Å². The highest BCUT2D eigenvalue weighted by Gasteiger charge is 2.31. The van der Waals surface area contributed by atoms with Crippen LogP contribution in [0, 0.1) is 0 Å². The number of imidazole rings is 1. The van der Waals surface area contributed by atoms with Crippen LogP contribution in [0.15, 0.2) is 65.7 Å². The van der Waals surface area contributed by atoms with Gasteiger partial charge in [0.2, 0.25) is 5.88 Å². The molecule has 32 heavy (non-hydrogen) atoms. The molecule has 0 aliphatic rings. The summed E-state index contributed by atoms with van der Waals surface area (Å²) in [6.07, 6.45) is -1.81. The van der Waals surface area contributed by atoms with Crippen LogP contribution in [0.3, 0.4) is 0 Å². The topological polar surface area (TPSA) is 72.5 Å². The third kappa shape index (κ3) is 4.11. The standard InChI is InChI=1S/C22H19F3N4O3/c1-27(2)19-11-26-18-6-4-3-5-16(18)17(19)12-28-13-20(30)29(21(28)31)14-7-9-15(10-8-14)32-22(23,24)25/h3-11,13,30H,12H2,1-2H3. The van der Waals surface area contributed by atoms with Gasteiger partial charge in [0.05, 0.1) is 35.8 Å². The molecule has 4 rings (SSSR count). The van der Waals surface area contributed by atoms with Crippen molar-refractivity contribution < 1.29 is 23.0 Å². The molecule has 0 aliphatic heterocycles. The van der Waals surface area contributed by atoms with E-state index in [4.69, 9.17) is 0 Å². The van der Waals surface area contributed by atoms with Crippen molar-refractivity contribution >= 4 is 16.6 Å². The summed E-state index contributed by atoms with van der Waals surface area (Å²) in [7, 11) is 3.73. The lowest BCUT2D eigenvalue weighted by Gasteiger charge is -2.19. The van der Waals surface area contributed by atoms with Crippen LogP contribution in [-0.2, 0) is 6.54 Å². The van der Waals surface area contributed by atoms with E-state index >= 15 is 0 Å². The van der Waals surface area contributed by atoms with E-state index < -0.39 is 17.8 Å². The third-order valence-corrected chi connectivity index (χ3v) is 4.94. The van der Waals surface area contributed by atoms with Gasteiger partial charge in [0.1, 0.15) is 5.75 Å². The quantitative estimate of drug-likeness (QED) is 0.506. The maximum atomic E-state index is 13.1. The SMILES string of the molecule is CN(C)c1cnc2ccccc2c1Cn1cc(O)n(-c2ccc(OC(F)(F)F)cc2)c1=O. The van der Waals surface area contributed by atoms with Gasteiger partial charge in [-0.1, -0.05) is 18.2 Å². The number of aromatic hydroxyl groups is 1. The number of para-hydroxylation sites is 1. The Bertz CT molecular complexity index is 1330. The Kier molecular flexibility index (Phi) is 5.29. The molecule has 2 aromatic carbocycles. The zero-order valence-electron chi connectivity index (χ0n) is 17.2. The van der Waals surface area contributed by atoms with E-state index in [2.05, 4.69) is 9.72 Å². The number of alkyl halides is 3. The molecule has 0 spiro atoms. The van der Waals surface area contributed by atoms with Gasteiger partial charge in [0, 0.05) is 25.0 Å². The summed E-state index contributed by atoms with van der Waals surface area (Å²) >= 11 is 0. The molecular formula is C22H19F3N4O3. The minimum Gasteiger partial charge on any atom is -0.493 e. The molecule has 0 saturated carbocycles. The summed E-state index contributed by atoms with van der Waals surface area (Å²) in [6.45, 7) is 0.158. The van der Waals surface area contributed by atoms with Crippen molar-refractivity contribution in [2.24, 2.45) is 0 Å². The Morgan fingerprint density at radius 2 is 1.78 bits per heavy atom. The molecule has 0 amide bonds. The first-order valence-corrected chi connectivity index (χ1v) is 9.55. The van der Waals surface area contributed by atoms with E-state index in [1.165, 1.54) is 22.9 Å². The summed E-state index contributed by atoms with van der Waals surface area (Å²) in [5.74, 6) is -0.767. The monoisotopic (exact) mass is 444 g/mol. The average Bonchev–Trinajstić information content (AvgIpc) is 3.00. The number of hydrogen-bond acceptors (Lipinski definition) is 5. The first-order valence-electron chi connectivity index (χ1n) is 9.55. The minimum atomic E-state index is -4.82. The number of halogens is 3. The van der Waals surface area contributed by atoms with Crippen LogP contribution in [0.1, 0.15) is 5.56 Å². The Hall–Kier alpha value is -3.95. The molecule has 166 valence electrons. The lowest BCUT2D eigenvalue weighted by atomic mass is 10.1. The van der Waals surface area contributed by atoms with Gasteiger partial charge in [-0.2, -0.15) is 0 Å². The number of fused-ring (bicyclic) bond motifs is 1. The second kappa shape index (κ2) is 7.95. The van der Waals surface area contributed by atoms with Gasteiger partial charge in [-0.3, -0.25) is 9.55 Å². The van der Waals surface area contributed by atoms with Crippen LogP contribution >= 0.6 is 0 Å². The first-order chi connectivity index (χ1) is 15.1. The number of pyridine rings is 1. The fraction of sp³-hybridized carbons (Fsp3) is 0.182. The second-order valence-electron chi connectivity index (χ2n) is 7.31. The molecule has 10 heteroatoms. The number of anilines is 1. The summed E-state index contributed by atoms with van der Waals surface area (Å²) in [4.78, 5) is 19.4. The molecular weight excluding hydrogens is 425 g/mol. The lowest BCUT2D eigenvalue weighted by Crippen LogP contribution is -2.24. The van der Waals surface area contributed by atoms with Crippen molar-refractivity contribution in [1.29, 1.82) is 0 Å². The molecule has 0 fully saturated rings. The van der Waals surface area contributed by atoms with Crippen LogP contribution in [0.5, 0.6) is 11.6 Å². The molecule has 2 heterocycles. The molecule has 2 aromatic heterocycles. The highest BCUT2D eigenvalue weighted by Crippen LogP contribution is 2.28. The Morgan fingerprint density at radius 3 is 2.44 bits per heavy atom. The maximum absolute atomic E-state index is 13.1. The van der Waals surface area contributed by atoms with Crippen molar-refractivity contribution in [3.63, 3.8) is 0 Å². The van der Waals surface area contributed by atoms with E-state index in [-0.39, 0.29) is 18.1 Å². The number of ether oxygens (including phenoxy) is 1. The average molecular weight is 444 g/mol. The minimum absolute atomic E-state index is 0.158. The van der Waals surface area contributed by atoms with Crippen LogP contribution < -0.4 is 15.3 Å². The van der Waals surface area contributed by atoms with Gasteiger partial charge in [-0.05, 0) is 30.3 Å². The van der Waals surface area contributed by atoms with E-state index in [1.54, 1.807) is 6.20 Å². The zero-order chi connectivity index (χ0) is 23.0. The van der Waals surface area contributed by atoms with Crippen molar-refractivity contribution in [3.8, 4) is 17.3 Å². The van der Waals surface area contributed by atoms with E-state index in [9.17, 15) is 23.1 Å². The van der Waals surface area contributed by atoms with Crippen molar-refractivity contribution in [2.45, 2.75) is 12.9 Å². The predicted octanol–water partition coefficient (Wildman–Crippen LogP) is 3.91. The summed E-state index contributed by atoms with van der Waals surface area (Å²) < 4.78 is 43.3. The number of benzene rings is 2. The molecule has 0 radical (unpaired) electrons. The summed E-state index contributed by atoms with van der Waals surface area (Å²) in [5, 5.41) is 11.3. The molecule has 4 aromatic rings. The van der Waals surface area contributed by atoms with Crippen LogP contribution in [0.4, 0.5) is 18.9 Å². The zero-order valence-corrected chi connectivity index (χ0v) is 17.2. The van der Waals surface area contributed by atoms with Crippen molar-refractivity contribution in [1.82, 2.24) is 14.1 Å². The fourth-order valence-electron chi connectivity index (χ4n) is 3.54. The normalized spacial score (nSPS) is 11.7. The molecule has 0 saturated heterocycles. The lowest BCUT2D eigenvalue weighted by molar-refractivity contribution is -0.274. The van der Waals surface area contributed by atoms with E-state index in [1.807, 2.05) is 43.3 Å². The number of nitrogens with zero attached hydrogens (tertiary/aromatic N) is 4. The largest absolute Gasteiger partial charge is 0.573 e. The van der Waals surface area contributed by atoms with Crippen LogP contribution in [0.25, 0.3) is 16.6 Å². The predicted molar refractivity (Wildman–Crippen MR) is 114 cm³/mol. The van der Waals surface area contributed by atoms with Gasteiger partial charge < -0.3 is 14.7 Å². The fourth-order valence-corrected chi connectivity index (χ4v) is 3.54. The number of aromatic nitrogens is 3. The summed E-state index contributed by atoms with van der Waals surface area (Å²) in [6, 6.07) is 12.2. The molecule has 7 nitrogen and oxygen atoms in total. The Balaban J connectivity index is 1.74. The van der Waals surface area contributed by atoms with Gasteiger partial charge >= 0.3 is 12.1 Å². The smallest absolute Gasteiger partial charge is 0.493 e. The van der Waals surface area contributed by atoms with E-state index in [0.717, 1.165) is 38.9 Å². The van der Waals surface area contributed by atoms with Gasteiger partial charge in [-0.15, -0.1) is 13.2 Å².